The predicted molar refractivity (Wildman–Crippen MR) is 74.7 cm³/mol. The van der Waals surface area contributed by atoms with E-state index in [2.05, 4.69) is 32.6 Å². The van der Waals surface area contributed by atoms with Crippen molar-refractivity contribution in [2.75, 3.05) is 13.2 Å². The Kier molecular flexibility index (Phi) is 10.4. The van der Waals surface area contributed by atoms with Crippen LogP contribution in [0.3, 0.4) is 0 Å². The number of unbranched alkanes of at least 4 members (excludes halogenated alkanes) is 3. The highest BCUT2D eigenvalue weighted by molar-refractivity contribution is 7.43. The summed E-state index contributed by atoms with van der Waals surface area (Å²) < 4.78 is 4.93. The average molecular weight is 264 g/mol. The van der Waals surface area contributed by atoms with Crippen molar-refractivity contribution in [2.24, 2.45) is 5.50 Å². The number of hydrogen-bond donors (Lipinski definition) is 2. The molecule has 0 aromatic rings. The number of nitrogens with two attached hydrogens (primary N) is 1. The fourth-order valence-corrected chi connectivity index (χ4v) is 2.34. The molecule has 0 aliphatic rings. The van der Waals surface area contributed by atoms with Crippen LogP contribution < -0.4 is 5.50 Å². The molecule has 5 heteroatoms. The molecule has 17 heavy (non-hydrogen) atoms. The van der Waals surface area contributed by atoms with Gasteiger partial charge in [0.1, 0.15) is 0 Å². The Morgan fingerprint density at radius 2 is 1.59 bits per heavy atom. The van der Waals surface area contributed by atoms with Crippen LogP contribution in [0.25, 0.3) is 0 Å². The zero-order valence-corrected chi connectivity index (χ0v) is 12.6. The van der Waals surface area contributed by atoms with E-state index in [9.17, 15) is 0 Å². The van der Waals surface area contributed by atoms with Crippen LogP contribution in [-0.2, 0) is 4.52 Å². The Bertz CT molecular complexity index is 170. The SMILES string of the molecule is CC(C)N(CCCCCCOP(N)O)C(C)C. The van der Waals surface area contributed by atoms with Crippen molar-refractivity contribution in [2.45, 2.75) is 65.5 Å². The number of nitrogens with zero attached hydrogens (tertiary/aromatic N) is 1. The third kappa shape index (κ3) is 9.93. The smallest absolute Gasteiger partial charge is 0.250 e. The summed E-state index contributed by atoms with van der Waals surface area (Å²) >= 11 is 0. The van der Waals surface area contributed by atoms with Gasteiger partial charge < -0.3 is 9.42 Å². The molecule has 0 bridgehead atoms. The molecule has 4 nitrogen and oxygen atoms in total. The van der Waals surface area contributed by atoms with Crippen molar-refractivity contribution in [3.63, 3.8) is 0 Å². The molecule has 0 saturated carbocycles. The Balaban J connectivity index is 3.43. The molecule has 0 radical (unpaired) electrons. The Hall–Kier alpha value is 0.270. The monoisotopic (exact) mass is 264 g/mol. The maximum absolute atomic E-state index is 8.76. The first-order chi connectivity index (χ1) is 7.95. The quantitative estimate of drug-likeness (QED) is 0.470. The summed E-state index contributed by atoms with van der Waals surface area (Å²) in [5, 5.41) is 0. The minimum atomic E-state index is -1.66. The van der Waals surface area contributed by atoms with Gasteiger partial charge in [0.05, 0.1) is 6.61 Å². The minimum Gasteiger partial charge on any atom is -0.338 e. The molecule has 0 aromatic carbocycles. The lowest BCUT2D eigenvalue weighted by Gasteiger charge is -2.30. The molecule has 0 aliphatic carbocycles. The molecular formula is C12H29N2O2P. The van der Waals surface area contributed by atoms with E-state index in [4.69, 9.17) is 14.9 Å². The van der Waals surface area contributed by atoms with E-state index >= 15 is 0 Å². The van der Waals surface area contributed by atoms with Crippen LogP contribution >= 0.6 is 8.53 Å². The van der Waals surface area contributed by atoms with Gasteiger partial charge in [-0.3, -0.25) is 10.4 Å². The summed E-state index contributed by atoms with van der Waals surface area (Å²) in [7, 11) is -1.66. The zero-order chi connectivity index (χ0) is 13.3. The highest BCUT2D eigenvalue weighted by atomic mass is 31.2. The fraction of sp³-hybridized carbons (Fsp3) is 1.00. The summed E-state index contributed by atoms with van der Waals surface area (Å²) in [4.78, 5) is 11.3. The molecule has 1 unspecified atom stereocenters. The highest BCUT2D eigenvalue weighted by Gasteiger charge is 2.11. The second kappa shape index (κ2) is 10.2. The third-order valence-electron chi connectivity index (χ3n) is 2.86. The van der Waals surface area contributed by atoms with Crippen LogP contribution in [0, 0.1) is 0 Å². The van der Waals surface area contributed by atoms with Crippen molar-refractivity contribution in [1.29, 1.82) is 0 Å². The van der Waals surface area contributed by atoms with E-state index < -0.39 is 8.53 Å². The number of rotatable bonds is 10. The maximum atomic E-state index is 8.76. The van der Waals surface area contributed by atoms with Gasteiger partial charge in [-0.1, -0.05) is 12.8 Å². The van der Waals surface area contributed by atoms with Crippen molar-refractivity contribution >= 4 is 8.53 Å². The van der Waals surface area contributed by atoms with Crippen LogP contribution in [0.4, 0.5) is 0 Å². The molecule has 0 fully saturated rings. The van der Waals surface area contributed by atoms with Crippen molar-refractivity contribution < 1.29 is 9.42 Å². The third-order valence-corrected chi connectivity index (χ3v) is 3.31. The van der Waals surface area contributed by atoms with Crippen LogP contribution in [-0.4, -0.2) is 35.0 Å². The van der Waals surface area contributed by atoms with Crippen molar-refractivity contribution in [3.05, 3.63) is 0 Å². The Morgan fingerprint density at radius 1 is 1.06 bits per heavy atom. The van der Waals surface area contributed by atoms with E-state index in [-0.39, 0.29) is 0 Å². The molecule has 0 heterocycles. The van der Waals surface area contributed by atoms with Gasteiger partial charge in [0.25, 0.3) is 0 Å². The largest absolute Gasteiger partial charge is 0.338 e. The zero-order valence-electron chi connectivity index (χ0n) is 11.7. The average Bonchev–Trinajstić information content (AvgIpc) is 2.20. The molecule has 0 aromatic heterocycles. The second-order valence-electron chi connectivity index (χ2n) is 4.98. The normalized spacial score (nSPS) is 13.9. The van der Waals surface area contributed by atoms with E-state index in [0.717, 1.165) is 12.8 Å². The number of hydrogen-bond acceptors (Lipinski definition) is 4. The molecule has 104 valence electrons. The van der Waals surface area contributed by atoms with Crippen molar-refractivity contribution in [1.82, 2.24) is 4.90 Å². The van der Waals surface area contributed by atoms with Gasteiger partial charge in [-0.15, -0.1) is 0 Å². The van der Waals surface area contributed by atoms with Crippen LogP contribution in [0.2, 0.25) is 0 Å². The topological polar surface area (TPSA) is 58.7 Å². The summed E-state index contributed by atoms with van der Waals surface area (Å²) in [6, 6.07) is 1.24. The first-order valence-corrected chi connectivity index (χ1v) is 7.85. The molecule has 0 aliphatic heterocycles. The van der Waals surface area contributed by atoms with Gasteiger partial charge in [-0.2, -0.15) is 0 Å². The molecule has 0 rings (SSSR count). The standard InChI is InChI=1S/C12H29N2O2P/c1-11(2)14(12(3)4)9-7-5-6-8-10-16-17(13)15/h11-12,15H,5-10,13H2,1-4H3. The van der Waals surface area contributed by atoms with Gasteiger partial charge in [-0.25, -0.2) is 0 Å². The second-order valence-corrected chi connectivity index (χ2v) is 5.84. The summed E-state index contributed by atoms with van der Waals surface area (Å²) in [5.41, 5.74) is 5.13. The van der Waals surface area contributed by atoms with Crippen LogP contribution in [0.15, 0.2) is 0 Å². The summed E-state index contributed by atoms with van der Waals surface area (Å²) in [5.74, 6) is 0. The Morgan fingerprint density at radius 3 is 2.06 bits per heavy atom. The molecule has 0 spiro atoms. The van der Waals surface area contributed by atoms with E-state index in [1.54, 1.807) is 0 Å². The molecule has 1 atom stereocenters. The lowest BCUT2D eigenvalue weighted by Crippen LogP contribution is -2.37. The van der Waals surface area contributed by atoms with Crippen LogP contribution in [0.1, 0.15) is 53.4 Å². The molecular weight excluding hydrogens is 235 g/mol. The Labute approximate surface area is 107 Å². The maximum Gasteiger partial charge on any atom is 0.250 e. The minimum absolute atomic E-state index is 0.580. The lowest BCUT2D eigenvalue weighted by molar-refractivity contribution is 0.171. The first-order valence-electron chi connectivity index (χ1n) is 6.57. The van der Waals surface area contributed by atoms with Gasteiger partial charge in [0.15, 0.2) is 0 Å². The summed E-state index contributed by atoms with van der Waals surface area (Å²) in [6.07, 6.45) is 4.58. The van der Waals surface area contributed by atoms with Gasteiger partial charge >= 0.3 is 0 Å². The van der Waals surface area contributed by atoms with Gasteiger partial charge in [-0.05, 0) is 47.1 Å². The van der Waals surface area contributed by atoms with Crippen molar-refractivity contribution in [3.8, 4) is 0 Å². The lowest BCUT2D eigenvalue weighted by atomic mass is 10.1. The van der Waals surface area contributed by atoms with E-state index in [1.165, 1.54) is 19.4 Å². The molecule has 3 N–H and O–H groups in total. The predicted octanol–water partition coefficient (Wildman–Crippen LogP) is 2.86. The molecule has 0 saturated heterocycles. The summed E-state index contributed by atoms with van der Waals surface area (Å²) in [6.45, 7) is 10.7. The fourth-order valence-electron chi connectivity index (χ4n) is 2.02. The first kappa shape index (κ1) is 17.3. The highest BCUT2D eigenvalue weighted by Crippen LogP contribution is 2.19. The van der Waals surface area contributed by atoms with Gasteiger partial charge in [0.2, 0.25) is 8.53 Å². The van der Waals surface area contributed by atoms with Gasteiger partial charge in [0, 0.05) is 12.1 Å². The van der Waals surface area contributed by atoms with E-state index in [1.807, 2.05) is 0 Å². The molecule has 0 amide bonds. The van der Waals surface area contributed by atoms with E-state index in [0.29, 0.717) is 18.7 Å². The van der Waals surface area contributed by atoms with Crippen LogP contribution in [0.5, 0.6) is 0 Å².